The van der Waals surface area contributed by atoms with E-state index in [1.165, 1.54) is 0 Å². The van der Waals surface area contributed by atoms with E-state index in [1.807, 2.05) is 52.8 Å². The Balaban J connectivity index is 0.000000509. The van der Waals surface area contributed by atoms with Gasteiger partial charge in [0.25, 0.3) is 11.1 Å². The smallest absolute Gasteiger partial charge is 0.475 e. The topological polar surface area (TPSA) is 132 Å². The Hall–Kier alpha value is -3.89. The Kier molecular flexibility index (Phi) is 7.71. The van der Waals surface area contributed by atoms with E-state index in [1.54, 1.807) is 18.5 Å². The van der Waals surface area contributed by atoms with Crippen molar-refractivity contribution < 1.29 is 23.1 Å². The van der Waals surface area contributed by atoms with Gasteiger partial charge in [0.1, 0.15) is 10.7 Å². The molecule has 11 heteroatoms. The summed E-state index contributed by atoms with van der Waals surface area (Å²) < 4.78 is 31.7. The number of aryl methyl sites for hydroxylation is 2. The van der Waals surface area contributed by atoms with Gasteiger partial charge in [-0.25, -0.2) is 9.78 Å². The van der Waals surface area contributed by atoms with Crippen LogP contribution in [0.4, 0.5) is 13.2 Å². The average molecular weight is 478 g/mol. The Morgan fingerprint density at radius 2 is 1.44 bits per heavy atom. The highest BCUT2D eigenvalue weighted by Gasteiger charge is 2.38. The predicted octanol–water partition coefficient (Wildman–Crippen LogP) is 1.99. The maximum absolute atomic E-state index is 12.5. The summed E-state index contributed by atoms with van der Waals surface area (Å²) in [5.41, 5.74) is 3.66. The van der Waals surface area contributed by atoms with Crippen LogP contribution in [0.25, 0.3) is 12.2 Å². The van der Waals surface area contributed by atoms with Crippen molar-refractivity contribution in [2.75, 3.05) is 0 Å². The third-order valence-corrected chi connectivity index (χ3v) is 4.76. The molecule has 0 fully saturated rings. The van der Waals surface area contributed by atoms with E-state index in [0.29, 0.717) is 5.69 Å². The van der Waals surface area contributed by atoms with Gasteiger partial charge in [-0.3, -0.25) is 9.59 Å². The van der Waals surface area contributed by atoms with Gasteiger partial charge in [-0.2, -0.15) is 13.2 Å². The first kappa shape index (κ1) is 26.4. The van der Waals surface area contributed by atoms with E-state index in [0.717, 1.165) is 22.4 Å². The van der Waals surface area contributed by atoms with E-state index in [2.05, 4.69) is 19.9 Å². The van der Waals surface area contributed by atoms with E-state index in [-0.39, 0.29) is 27.2 Å². The van der Waals surface area contributed by atoms with Gasteiger partial charge in [0, 0.05) is 11.1 Å². The van der Waals surface area contributed by atoms with Crippen molar-refractivity contribution in [3.63, 3.8) is 0 Å². The molecule has 3 aromatic rings. The number of H-pyrrole nitrogens is 3. The largest absolute Gasteiger partial charge is 0.490 e. The zero-order valence-electron chi connectivity index (χ0n) is 19.2. The molecule has 0 unspecified atom stereocenters. The Morgan fingerprint density at radius 3 is 1.88 bits per heavy atom. The Bertz CT molecular complexity index is 1400. The molecule has 0 aliphatic heterocycles. The third kappa shape index (κ3) is 6.56. The van der Waals surface area contributed by atoms with Crippen LogP contribution in [-0.4, -0.2) is 37.2 Å². The van der Waals surface area contributed by atoms with Crippen molar-refractivity contribution in [1.82, 2.24) is 19.9 Å². The fraction of sp³-hybridized carbons (Fsp3) is 0.304. The van der Waals surface area contributed by atoms with Crippen LogP contribution in [0.15, 0.2) is 34.1 Å². The lowest BCUT2D eigenvalue weighted by molar-refractivity contribution is -0.192. The molecule has 0 aliphatic rings. The van der Waals surface area contributed by atoms with Crippen LogP contribution < -0.4 is 21.8 Å². The van der Waals surface area contributed by atoms with Crippen molar-refractivity contribution in [1.29, 1.82) is 0 Å². The van der Waals surface area contributed by atoms with Crippen molar-refractivity contribution in [3.05, 3.63) is 84.0 Å². The van der Waals surface area contributed by atoms with Crippen LogP contribution in [0.2, 0.25) is 0 Å². The number of carbonyl (C=O) groups is 1. The third-order valence-electron chi connectivity index (χ3n) is 4.76. The molecule has 3 rings (SSSR count). The summed E-state index contributed by atoms with van der Waals surface area (Å²) in [5.74, 6) is -2.76. The number of aromatic nitrogens is 4. The summed E-state index contributed by atoms with van der Waals surface area (Å²) >= 11 is 0. The standard InChI is InChI=1S/C21H24N4O2.C2HF3O2/c1-12-7-6-8-13(2)14(12)9-16-19(26)25-17(20(27)24-16)10-15-18(21(3,4)5)23-11-22-15;3-2(4,5)1(6)7/h6-11H,1-5H3,(H,22,23)(H,24,27)(H,25,26);(H,6,7)/b16-9-,17-10-;. The van der Waals surface area contributed by atoms with Crippen molar-refractivity contribution >= 4 is 18.1 Å². The quantitative estimate of drug-likeness (QED) is 0.447. The summed E-state index contributed by atoms with van der Waals surface area (Å²) in [6, 6.07) is 5.90. The number of rotatable bonds is 2. The number of aromatic amines is 3. The first-order valence-corrected chi connectivity index (χ1v) is 10.1. The van der Waals surface area contributed by atoms with E-state index < -0.39 is 12.1 Å². The maximum Gasteiger partial charge on any atom is 0.490 e. The minimum atomic E-state index is -5.08. The first-order chi connectivity index (χ1) is 15.6. The molecule has 0 radical (unpaired) electrons. The molecule has 0 saturated heterocycles. The molecule has 2 aromatic heterocycles. The SMILES string of the molecule is Cc1cccc(C)c1/C=c1\[nH]c(=O)/c(=C/c2nc[nH]c2C(C)(C)C)[nH]c1=O.O=C(O)C(F)(F)F. The number of aliphatic carboxylic acids is 1. The highest BCUT2D eigenvalue weighted by molar-refractivity contribution is 5.73. The molecular weight excluding hydrogens is 453 g/mol. The van der Waals surface area contributed by atoms with Gasteiger partial charge in [0.05, 0.1) is 12.0 Å². The highest BCUT2D eigenvalue weighted by Crippen LogP contribution is 2.22. The van der Waals surface area contributed by atoms with Gasteiger partial charge >= 0.3 is 12.1 Å². The Morgan fingerprint density at radius 1 is 0.971 bits per heavy atom. The van der Waals surface area contributed by atoms with Crippen LogP contribution in [0.3, 0.4) is 0 Å². The normalized spacial score (nSPS) is 12.9. The lowest BCUT2D eigenvalue weighted by Crippen LogP contribution is -2.46. The number of imidazole rings is 1. The number of carboxylic acid groups (broad SMARTS) is 1. The van der Waals surface area contributed by atoms with Crippen molar-refractivity contribution in [2.45, 2.75) is 46.2 Å². The summed E-state index contributed by atoms with van der Waals surface area (Å²) in [6.45, 7) is 10.1. The minimum Gasteiger partial charge on any atom is -0.475 e. The van der Waals surface area contributed by atoms with E-state index in [9.17, 15) is 22.8 Å². The highest BCUT2D eigenvalue weighted by atomic mass is 19.4. The molecule has 0 amide bonds. The summed E-state index contributed by atoms with van der Waals surface area (Å²) in [5, 5.41) is 7.53. The van der Waals surface area contributed by atoms with Crippen molar-refractivity contribution in [2.24, 2.45) is 0 Å². The number of alkyl halides is 3. The maximum atomic E-state index is 12.5. The first-order valence-electron chi connectivity index (χ1n) is 10.1. The number of nitrogens with zero attached hydrogens (tertiary/aromatic N) is 1. The summed E-state index contributed by atoms with van der Waals surface area (Å²) in [4.78, 5) is 46.7. The molecular formula is C23H25F3N4O4. The van der Waals surface area contributed by atoms with Crippen LogP contribution >= 0.6 is 0 Å². The second kappa shape index (κ2) is 9.94. The monoisotopic (exact) mass is 478 g/mol. The molecule has 0 saturated carbocycles. The molecule has 2 heterocycles. The van der Waals surface area contributed by atoms with Crippen LogP contribution in [0, 0.1) is 13.8 Å². The van der Waals surface area contributed by atoms with Gasteiger partial charge in [-0.1, -0.05) is 39.0 Å². The molecule has 0 atom stereocenters. The Labute approximate surface area is 191 Å². The molecule has 182 valence electrons. The van der Waals surface area contributed by atoms with Crippen LogP contribution in [-0.2, 0) is 10.2 Å². The summed E-state index contributed by atoms with van der Waals surface area (Å²) in [7, 11) is 0. The number of hydrogen-bond donors (Lipinski definition) is 4. The molecule has 8 nitrogen and oxygen atoms in total. The average Bonchev–Trinajstić information content (AvgIpc) is 3.17. The van der Waals surface area contributed by atoms with Gasteiger partial charge in [0.15, 0.2) is 0 Å². The number of carboxylic acids is 1. The fourth-order valence-electron chi connectivity index (χ4n) is 3.05. The van der Waals surface area contributed by atoms with Crippen molar-refractivity contribution in [3.8, 4) is 0 Å². The molecule has 34 heavy (non-hydrogen) atoms. The summed E-state index contributed by atoms with van der Waals surface area (Å²) in [6.07, 6.45) is -0.189. The fourth-order valence-corrected chi connectivity index (χ4v) is 3.05. The minimum absolute atomic E-state index is 0.161. The van der Waals surface area contributed by atoms with Gasteiger partial charge in [-0.15, -0.1) is 0 Å². The molecule has 4 N–H and O–H groups in total. The van der Waals surface area contributed by atoms with E-state index >= 15 is 0 Å². The number of hydrogen-bond acceptors (Lipinski definition) is 4. The molecule has 0 aliphatic carbocycles. The van der Waals surface area contributed by atoms with Gasteiger partial charge < -0.3 is 20.1 Å². The zero-order chi connectivity index (χ0) is 25.8. The lowest BCUT2D eigenvalue weighted by Gasteiger charge is -2.16. The van der Waals surface area contributed by atoms with E-state index in [4.69, 9.17) is 9.90 Å². The van der Waals surface area contributed by atoms with Gasteiger partial charge in [0.2, 0.25) is 0 Å². The number of benzene rings is 1. The zero-order valence-corrected chi connectivity index (χ0v) is 19.2. The molecule has 0 bridgehead atoms. The molecule has 0 spiro atoms. The second-order valence-corrected chi connectivity index (χ2v) is 8.55. The molecule has 1 aromatic carbocycles. The van der Waals surface area contributed by atoms with Gasteiger partial charge in [-0.05, 0) is 42.7 Å². The second-order valence-electron chi connectivity index (χ2n) is 8.55. The van der Waals surface area contributed by atoms with Crippen LogP contribution in [0.5, 0.6) is 0 Å². The van der Waals surface area contributed by atoms with Crippen LogP contribution in [0.1, 0.15) is 48.8 Å². The lowest BCUT2D eigenvalue weighted by atomic mass is 9.90. The number of halogens is 3. The number of nitrogens with one attached hydrogen (secondary N) is 3. The predicted molar refractivity (Wildman–Crippen MR) is 121 cm³/mol.